The van der Waals surface area contributed by atoms with Crippen LogP contribution in [-0.2, 0) is 9.53 Å². The van der Waals surface area contributed by atoms with Crippen molar-refractivity contribution in [2.24, 2.45) is 0 Å². The van der Waals surface area contributed by atoms with Gasteiger partial charge in [0.05, 0.1) is 6.61 Å². The third-order valence-corrected chi connectivity index (χ3v) is 4.79. The lowest BCUT2D eigenvalue weighted by Crippen LogP contribution is -2.10. The maximum Gasteiger partial charge on any atom is 0.348 e. The number of nitrogens with zero attached hydrogens (tertiary/aromatic N) is 1. The smallest absolute Gasteiger partial charge is 0.348 e. The highest BCUT2D eigenvalue weighted by Gasteiger charge is 2.12. The van der Waals surface area contributed by atoms with Crippen LogP contribution in [0.1, 0.15) is 44.2 Å². The van der Waals surface area contributed by atoms with Crippen molar-refractivity contribution in [2.75, 3.05) is 19.8 Å². The molecule has 0 aliphatic heterocycles. The van der Waals surface area contributed by atoms with Crippen molar-refractivity contribution in [3.05, 3.63) is 64.2 Å². The molecule has 0 heterocycles. The monoisotopic (exact) mass is 427 g/mol. The molecule has 0 spiro atoms. The predicted octanol–water partition coefficient (Wildman–Crippen LogP) is 5.78. The number of carbonyl (C=O) groups excluding carboxylic acids is 1. The summed E-state index contributed by atoms with van der Waals surface area (Å²) in [6.07, 6.45) is 2.50. The Labute approximate surface area is 182 Å². The zero-order chi connectivity index (χ0) is 21.9. The highest BCUT2D eigenvalue weighted by Crippen LogP contribution is 2.26. The summed E-state index contributed by atoms with van der Waals surface area (Å²) < 4.78 is 16.4. The van der Waals surface area contributed by atoms with E-state index in [0.717, 1.165) is 12.2 Å². The molecule has 30 heavy (non-hydrogen) atoms. The van der Waals surface area contributed by atoms with Crippen molar-refractivity contribution in [2.45, 2.75) is 33.1 Å². The molecule has 0 aliphatic rings. The number of hydrogen-bond acceptors (Lipinski definition) is 5. The van der Waals surface area contributed by atoms with Gasteiger partial charge in [-0.3, -0.25) is 0 Å². The van der Waals surface area contributed by atoms with Gasteiger partial charge in [0.2, 0.25) is 0 Å². The first-order valence-electron chi connectivity index (χ1n) is 9.92. The van der Waals surface area contributed by atoms with Crippen LogP contribution in [0.15, 0.2) is 48.0 Å². The standard InChI is InChI=1S/C24H26ClNO4/c1-4-17(3)18-6-9-22(10-7-18)29-12-13-30-23-11-8-21(25)15-19(23)14-20(16-26)24(27)28-5-2/h6-11,14-15,17H,4-5,12-13H2,1-3H3/b20-14+. The average Bonchev–Trinajstić information content (AvgIpc) is 2.76. The topological polar surface area (TPSA) is 68.6 Å². The van der Waals surface area contributed by atoms with Crippen LogP contribution in [0, 0.1) is 11.3 Å². The van der Waals surface area contributed by atoms with E-state index in [-0.39, 0.29) is 18.8 Å². The van der Waals surface area contributed by atoms with Crippen LogP contribution in [0.5, 0.6) is 11.5 Å². The third-order valence-electron chi connectivity index (χ3n) is 4.56. The highest BCUT2D eigenvalue weighted by atomic mass is 35.5. The van der Waals surface area contributed by atoms with Crippen molar-refractivity contribution < 1.29 is 19.0 Å². The molecule has 0 radical (unpaired) electrons. The van der Waals surface area contributed by atoms with Gasteiger partial charge in [0.25, 0.3) is 0 Å². The van der Waals surface area contributed by atoms with Crippen LogP contribution in [-0.4, -0.2) is 25.8 Å². The van der Waals surface area contributed by atoms with Crippen molar-refractivity contribution >= 4 is 23.6 Å². The number of ether oxygens (including phenoxy) is 3. The van der Waals surface area contributed by atoms with Gasteiger partial charge in [0, 0.05) is 10.6 Å². The maximum atomic E-state index is 11.9. The van der Waals surface area contributed by atoms with Gasteiger partial charge in [0.15, 0.2) is 0 Å². The highest BCUT2D eigenvalue weighted by molar-refractivity contribution is 6.30. The molecule has 1 unspecified atom stereocenters. The van der Waals surface area contributed by atoms with Gasteiger partial charge in [-0.2, -0.15) is 5.26 Å². The Kier molecular flexibility index (Phi) is 9.24. The fraction of sp³-hybridized carbons (Fsp3) is 0.333. The molecular formula is C24H26ClNO4. The zero-order valence-electron chi connectivity index (χ0n) is 17.5. The average molecular weight is 428 g/mol. The fourth-order valence-electron chi connectivity index (χ4n) is 2.70. The van der Waals surface area contributed by atoms with E-state index in [4.69, 9.17) is 25.8 Å². The second-order valence-electron chi connectivity index (χ2n) is 6.65. The van der Waals surface area contributed by atoms with Crippen LogP contribution in [0.4, 0.5) is 0 Å². The lowest BCUT2D eigenvalue weighted by atomic mass is 9.99. The molecule has 2 aromatic rings. The Morgan fingerprint density at radius 1 is 1.13 bits per heavy atom. The normalized spacial score (nSPS) is 12.0. The first kappa shape index (κ1) is 23.3. The summed E-state index contributed by atoms with van der Waals surface area (Å²) in [6.45, 7) is 6.86. The summed E-state index contributed by atoms with van der Waals surface area (Å²) in [7, 11) is 0. The van der Waals surface area contributed by atoms with E-state index in [9.17, 15) is 10.1 Å². The van der Waals surface area contributed by atoms with Crippen molar-refractivity contribution in [3.8, 4) is 17.6 Å². The van der Waals surface area contributed by atoms with Gasteiger partial charge in [-0.15, -0.1) is 0 Å². The molecule has 158 valence electrons. The molecule has 0 amide bonds. The number of halogens is 1. The van der Waals surface area contributed by atoms with Gasteiger partial charge >= 0.3 is 5.97 Å². The van der Waals surface area contributed by atoms with Crippen LogP contribution in [0.2, 0.25) is 5.02 Å². The number of benzene rings is 2. The lowest BCUT2D eigenvalue weighted by molar-refractivity contribution is -0.137. The molecule has 1 atom stereocenters. The predicted molar refractivity (Wildman–Crippen MR) is 118 cm³/mol. The Bertz CT molecular complexity index is 916. The molecule has 0 bridgehead atoms. The molecule has 0 saturated carbocycles. The molecule has 2 rings (SSSR count). The first-order valence-corrected chi connectivity index (χ1v) is 10.3. The third kappa shape index (κ3) is 6.82. The van der Waals surface area contributed by atoms with E-state index in [2.05, 4.69) is 26.0 Å². The Morgan fingerprint density at radius 3 is 2.47 bits per heavy atom. The van der Waals surface area contributed by atoms with Gasteiger partial charge in [-0.25, -0.2) is 4.79 Å². The second kappa shape index (κ2) is 11.9. The van der Waals surface area contributed by atoms with E-state index in [1.54, 1.807) is 25.1 Å². The second-order valence-corrected chi connectivity index (χ2v) is 7.08. The minimum atomic E-state index is -0.685. The van der Waals surface area contributed by atoms with Crippen molar-refractivity contribution in [1.82, 2.24) is 0 Å². The van der Waals surface area contributed by atoms with E-state index in [1.807, 2.05) is 18.2 Å². The van der Waals surface area contributed by atoms with Crippen LogP contribution in [0.3, 0.4) is 0 Å². The van der Waals surface area contributed by atoms with Crippen molar-refractivity contribution in [3.63, 3.8) is 0 Å². The van der Waals surface area contributed by atoms with Crippen LogP contribution < -0.4 is 9.47 Å². The molecule has 0 aliphatic carbocycles. The van der Waals surface area contributed by atoms with E-state index < -0.39 is 5.97 Å². The van der Waals surface area contributed by atoms with Gasteiger partial charge in [-0.05, 0) is 61.2 Å². The Balaban J connectivity index is 2.00. The molecular weight excluding hydrogens is 402 g/mol. The van der Waals surface area contributed by atoms with Gasteiger partial charge in [0.1, 0.15) is 36.4 Å². The number of esters is 1. The number of rotatable bonds is 10. The minimum Gasteiger partial charge on any atom is -0.490 e. The van der Waals surface area contributed by atoms with E-state index in [1.165, 1.54) is 11.6 Å². The Hall–Kier alpha value is -2.97. The summed E-state index contributed by atoms with van der Waals surface area (Å²) in [5, 5.41) is 9.71. The van der Waals surface area contributed by atoms with Gasteiger partial charge in [-0.1, -0.05) is 37.6 Å². The van der Waals surface area contributed by atoms with E-state index >= 15 is 0 Å². The lowest BCUT2D eigenvalue weighted by Gasteiger charge is -2.12. The SMILES string of the molecule is CCOC(=O)/C(C#N)=C/c1cc(Cl)ccc1OCCOc1ccc(C(C)CC)cc1. The quantitative estimate of drug-likeness (QED) is 0.208. The van der Waals surface area contributed by atoms with Gasteiger partial charge < -0.3 is 14.2 Å². The first-order chi connectivity index (χ1) is 14.5. The van der Waals surface area contributed by atoms with E-state index in [0.29, 0.717) is 28.9 Å². The molecule has 0 saturated heterocycles. The minimum absolute atomic E-state index is 0.124. The summed E-state index contributed by atoms with van der Waals surface area (Å²) in [5.74, 6) is 1.10. The number of carbonyl (C=O) groups is 1. The summed E-state index contributed by atoms with van der Waals surface area (Å²) in [5.41, 5.74) is 1.68. The molecule has 0 fully saturated rings. The van der Waals surface area contributed by atoms with Crippen LogP contribution in [0.25, 0.3) is 6.08 Å². The Morgan fingerprint density at radius 2 is 1.83 bits per heavy atom. The summed E-state index contributed by atoms with van der Waals surface area (Å²) in [4.78, 5) is 11.9. The zero-order valence-corrected chi connectivity index (χ0v) is 18.2. The van der Waals surface area contributed by atoms with Crippen molar-refractivity contribution in [1.29, 1.82) is 5.26 Å². The largest absolute Gasteiger partial charge is 0.490 e. The number of hydrogen-bond donors (Lipinski definition) is 0. The summed E-state index contributed by atoms with van der Waals surface area (Å²) in [6, 6.07) is 14.9. The molecule has 0 aromatic heterocycles. The molecule has 5 nitrogen and oxygen atoms in total. The molecule has 0 N–H and O–H groups in total. The fourth-order valence-corrected chi connectivity index (χ4v) is 2.88. The molecule has 2 aromatic carbocycles. The molecule has 6 heteroatoms. The number of nitriles is 1. The van der Waals surface area contributed by atoms with Crippen LogP contribution >= 0.6 is 11.6 Å². The summed E-state index contributed by atoms with van der Waals surface area (Å²) >= 11 is 6.06. The maximum absolute atomic E-state index is 11.9.